The fraction of sp³-hybridized carbons (Fsp3) is 0.600. The summed E-state index contributed by atoms with van der Waals surface area (Å²) in [6, 6.07) is 0.0563. The van der Waals surface area contributed by atoms with E-state index in [1.807, 2.05) is 0 Å². The lowest BCUT2D eigenvalue weighted by molar-refractivity contribution is 0.423. The maximum Gasteiger partial charge on any atom is 0.198 e. The zero-order valence-corrected chi connectivity index (χ0v) is 9.78. The first-order valence-electron chi connectivity index (χ1n) is 5.41. The first-order chi connectivity index (χ1) is 7.68. The molecule has 0 unspecified atom stereocenters. The molecule has 5 nitrogen and oxygen atoms in total. The second-order valence-corrected chi connectivity index (χ2v) is 5.95. The predicted octanol–water partition coefficient (Wildman–Crippen LogP) is 0.392. The van der Waals surface area contributed by atoms with E-state index in [-0.39, 0.29) is 16.8 Å². The number of rotatable bonds is 3. The molecule has 0 aliphatic carbocycles. The molecule has 16 heavy (non-hydrogen) atoms. The van der Waals surface area contributed by atoms with Gasteiger partial charge in [-0.2, -0.15) is 0 Å². The Hall–Kier alpha value is -1.01. The average Bonchev–Trinajstić information content (AvgIpc) is 2.31. The second-order valence-electron chi connectivity index (χ2n) is 3.97. The van der Waals surface area contributed by atoms with Crippen LogP contribution < -0.4 is 5.32 Å². The number of aromatic nitrogens is 2. The van der Waals surface area contributed by atoms with Crippen molar-refractivity contribution in [3.8, 4) is 0 Å². The molecule has 2 rings (SSSR count). The molecule has 1 saturated heterocycles. The van der Waals surface area contributed by atoms with Gasteiger partial charge in [0.05, 0.1) is 11.9 Å². The second kappa shape index (κ2) is 4.88. The molecule has 2 heterocycles. The molecule has 88 valence electrons. The highest BCUT2D eigenvalue weighted by Crippen LogP contribution is 2.13. The minimum Gasteiger partial charge on any atom is -0.313 e. The van der Waals surface area contributed by atoms with Crippen LogP contribution in [0.25, 0.3) is 0 Å². The summed E-state index contributed by atoms with van der Waals surface area (Å²) >= 11 is 0. The van der Waals surface area contributed by atoms with Gasteiger partial charge in [0.1, 0.15) is 0 Å². The molecule has 1 atom stereocenters. The van der Waals surface area contributed by atoms with Crippen molar-refractivity contribution in [2.75, 3.05) is 12.3 Å². The van der Waals surface area contributed by atoms with Crippen molar-refractivity contribution in [2.24, 2.45) is 0 Å². The zero-order valence-electron chi connectivity index (χ0n) is 8.96. The largest absolute Gasteiger partial charge is 0.313 e. The van der Waals surface area contributed by atoms with Crippen molar-refractivity contribution in [1.82, 2.24) is 15.3 Å². The minimum atomic E-state index is -3.30. The Balaban J connectivity index is 2.08. The molecule has 0 bridgehead atoms. The molecule has 0 saturated carbocycles. The van der Waals surface area contributed by atoms with E-state index in [0.29, 0.717) is 0 Å². The Labute approximate surface area is 95.2 Å². The van der Waals surface area contributed by atoms with E-state index in [4.69, 9.17) is 0 Å². The molecule has 1 aliphatic heterocycles. The topological polar surface area (TPSA) is 72.0 Å². The van der Waals surface area contributed by atoms with E-state index in [0.717, 1.165) is 25.8 Å². The molecule has 0 radical (unpaired) electrons. The number of nitrogens with one attached hydrogen (secondary N) is 1. The van der Waals surface area contributed by atoms with Crippen molar-refractivity contribution in [1.29, 1.82) is 0 Å². The van der Waals surface area contributed by atoms with Gasteiger partial charge < -0.3 is 5.32 Å². The standard InChI is InChI=1S/C10H15N3O2S/c14-16(15,10-7-11-5-6-13-10)8-9-3-1-2-4-12-9/h5-7,9,12H,1-4,8H2/t9-/m0/s1. The molecule has 0 spiro atoms. The fourth-order valence-corrected chi connectivity index (χ4v) is 3.29. The van der Waals surface area contributed by atoms with Gasteiger partial charge >= 0.3 is 0 Å². The van der Waals surface area contributed by atoms with E-state index in [2.05, 4.69) is 15.3 Å². The number of hydrogen-bond donors (Lipinski definition) is 1. The van der Waals surface area contributed by atoms with Gasteiger partial charge in [0, 0.05) is 18.4 Å². The number of sulfone groups is 1. The first-order valence-corrected chi connectivity index (χ1v) is 7.06. The molecule has 6 heteroatoms. The molecule has 1 N–H and O–H groups in total. The average molecular weight is 241 g/mol. The maximum atomic E-state index is 12.0. The smallest absolute Gasteiger partial charge is 0.198 e. The quantitative estimate of drug-likeness (QED) is 0.829. The highest BCUT2D eigenvalue weighted by atomic mass is 32.2. The predicted molar refractivity (Wildman–Crippen MR) is 59.7 cm³/mol. The molecule has 1 aliphatic rings. The third-order valence-electron chi connectivity index (χ3n) is 2.69. The van der Waals surface area contributed by atoms with Crippen molar-refractivity contribution < 1.29 is 8.42 Å². The summed E-state index contributed by atoms with van der Waals surface area (Å²) in [6.45, 7) is 0.903. The summed E-state index contributed by atoms with van der Waals surface area (Å²) in [6.07, 6.45) is 7.31. The molecule has 1 aromatic rings. The van der Waals surface area contributed by atoms with E-state index in [1.165, 1.54) is 18.6 Å². The molecule has 0 aromatic carbocycles. The SMILES string of the molecule is O=S(=O)(C[C@@H]1CCCCN1)c1cnccn1. The van der Waals surface area contributed by atoms with Gasteiger partial charge in [-0.25, -0.2) is 13.4 Å². The van der Waals surface area contributed by atoms with Gasteiger partial charge in [0.15, 0.2) is 14.9 Å². The number of nitrogens with zero attached hydrogens (tertiary/aromatic N) is 2. The zero-order chi connectivity index (χ0) is 11.4. The third kappa shape index (κ3) is 2.76. The van der Waals surface area contributed by atoms with Gasteiger partial charge in [-0.15, -0.1) is 0 Å². The summed E-state index contributed by atoms with van der Waals surface area (Å²) in [5.74, 6) is 0.117. The minimum absolute atomic E-state index is 0.0563. The van der Waals surface area contributed by atoms with E-state index < -0.39 is 9.84 Å². The van der Waals surface area contributed by atoms with Crippen LogP contribution in [-0.4, -0.2) is 36.7 Å². The lowest BCUT2D eigenvalue weighted by atomic mass is 10.1. The molecular weight excluding hydrogens is 226 g/mol. The molecular formula is C10H15N3O2S. The summed E-state index contributed by atoms with van der Waals surface area (Å²) < 4.78 is 23.9. The Bertz CT molecular complexity index is 427. The lowest BCUT2D eigenvalue weighted by Gasteiger charge is -2.22. The van der Waals surface area contributed by atoms with Crippen LogP contribution in [0.2, 0.25) is 0 Å². The van der Waals surface area contributed by atoms with Crippen molar-refractivity contribution >= 4 is 9.84 Å². The summed E-state index contributed by atoms with van der Waals surface area (Å²) in [7, 11) is -3.30. The van der Waals surface area contributed by atoms with Crippen LogP contribution in [0.1, 0.15) is 19.3 Å². The Morgan fingerprint density at radius 1 is 1.38 bits per heavy atom. The molecule has 0 amide bonds. The van der Waals surface area contributed by atoms with E-state index >= 15 is 0 Å². The number of hydrogen-bond acceptors (Lipinski definition) is 5. The van der Waals surface area contributed by atoms with Gasteiger partial charge in [0.25, 0.3) is 0 Å². The summed E-state index contributed by atoms with van der Waals surface area (Å²) in [5, 5.41) is 3.29. The van der Waals surface area contributed by atoms with Crippen LogP contribution in [-0.2, 0) is 9.84 Å². The van der Waals surface area contributed by atoms with Gasteiger partial charge in [-0.05, 0) is 19.4 Å². The summed E-state index contributed by atoms with van der Waals surface area (Å²) in [5.41, 5.74) is 0. The van der Waals surface area contributed by atoms with Gasteiger partial charge in [-0.3, -0.25) is 4.98 Å². The fourth-order valence-electron chi connectivity index (χ4n) is 1.86. The van der Waals surface area contributed by atoms with Crippen molar-refractivity contribution in [3.05, 3.63) is 18.6 Å². The normalized spacial score (nSPS) is 21.9. The number of piperidine rings is 1. The Kier molecular flexibility index (Phi) is 3.50. The maximum absolute atomic E-state index is 12.0. The van der Waals surface area contributed by atoms with Crippen molar-refractivity contribution in [3.63, 3.8) is 0 Å². The van der Waals surface area contributed by atoms with Crippen LogP contribution >= 0.6 is 0 Å². The Morgan fingerprint density at radius 3 is 2.88 bits per heavy atom. The van der Waals surface area contributed by atoms with E-state index in [1.54, 1.807) is 0 Å². The first kappa shape index (κ1) is 11.5. The summed E-state index contributed by atoms with van der Waals surface area (Å²) in [4.78, 5) is 7.62. The highest BCUT2D eigenvalue weighted by Gasteiger charge is 2.23. The van der Waals surface area contributed by atoms with Gasteiger partial charge in [0.2, 0.25) is 0 Å². The molecule has 1 aromatic heterocycles. The van der Waals surface area contributed by atoms with Crippen molar-refractivity contribution in [2.45, 2.75) is 30.3 Å². The lowest BCUT2D eigenvalue weighted by Crippen LogP contribution is -2.39. The third-order valence-corrected chi connectivity index (χ3v) is 4.38. The highest BCUT2D eigenvalue weighted by molar-refractivity contribution is 7.91. The van der Waals surface area contributed by atoms with Crippen LogP contribution in [0, 0.1) is 0 Å². The van der Waals surface area contributed by atoms with Crippen LogP contribution in [0.4, 0.5) is 0 Å². The van der Waals surface area contributed by atoms with Gasteiger partial charge in [-0.1, -0.05) is 6.42 Å². The molecule has 1 fully saturated rings. The van der Waals surface area contributed by atoms with Crippen LogP contribution in [0.15, 0.2) is 23.6 Å². The van der Waals surface area contributed by atoms with Crippen LogP contribution in [0.5, 0.6) is 0 Å². The van der Waals surface area contributed by atoms with E-state index in [9.17, 15) is 8.42 Å². The van der Waals surface area contributed by atoms with Crippen LogP contribution in [0.3, 0.4) is 0 Å². The monoisotopic (exact) mass is 241 g/mol. The Morgan fingerprint density at radius 2 is 2.25 bits per heavy atom.